The Morgan fingerprint density at radius 2 is 1.94 bits per heavy atom. The second-order valence-electron chi connectivity index (χ2n) is 4.01. The third-order valence-corrected chi connectivity index (χ3v) is 2.74. The molecule has 1 heterocycles. The van der Waals surface area contributed by atoms with Crippen LogP contribution in [0.2, 0.25) is 0 Å². The molecule has 2 rings (SSSR count). The second-order valence-corrected chi connectivity index (χ2v) is 4.01. The summed E-state index contributed by atoms with van der Waals surface area (Å²) in [5.74, 6) is 0. The van der Waals surface area contributed by atoms with Crippen LogP contribution in [-0.2, 0) is 6.54 Å². The van der Waals surface area contributed by atoms with E-state index in [9.17, 15) is 0 Å². The highest BCUT2D eigenvalue weighted by atomic mass is 15.1. The summed E-state index contributed by atoms with van der Waals surface area (Å²) in [6, 6.07) is 12.5. The van der Waals surface area contributed by atoms with E-state index in [2.05, 4.69) is 46.5 Å². The van der Waals surface area contributed by atoms with E-state index < -0.39 is 0 Å². The molecule has 1 N–H and O–H groups in total. The molecule has 88 valence electrons. The maximum absolute atomic E-state index is 4.02. The molecule has 1 aromatic heterocycles. The van der Waals surface area contributed by atoms with Gasteiger partial charge < -0.3 is 10.2 Å². The normalized spacial score (nSPS) is 10.0. The van der Waals surface area contributed by atoms with Crippen LogP contribution >= 0.6 is 0 Å². The third kappa shape index (κ3) is 2.97. The van der Waals surface area contributed by atoms with E-state index in [1.165, 1.54) is 11.3 Å². The fourth-order valence-corrected chi connectivity index (χ4v) is 1.75. The number of hydrogen-bond donors (Lipinski definition) is 1. The van der Waals surface area contributed by atoms with E-state index in [1.54, 1.807) is 0 Å². The van der Waals surface area contributed by atoms with Crippen molar-refractivity contribution in [3.05, 3.63) is 54.4 Å². The number of nitrogens with one attached hydrogen (secondary N) is 1. The van der Waals surface area contributed by atoms with Crippen LogP contribution in [0.5, 0.6) is 0 Å². The third-order valence-electron chi connectivity index (χ3n) is 2.74. The molecule has 0 saturated carbocycles. The van der Waals surface area contributed by atoms with Crippen molar-refractivity contribution in [2.24, 2.45) is 0 Å². The Hall–Kier alpha value is -2.03. The predicted molar refractivity (Wildman–Crippen MR) is 72.3 cm³/mol. The molecule has 17 heavy (non-hydrogen) atoms. The lowest BCUT2D eigenvalue weighted by molar-refractivity contribution is 0.920. The quantitative estimate of drug-likeness (QED) is 0.870. The molecule has 0 radical (unpaired) electrons. The maximum atomic E-state index is 4.02. The van der Waals surface area contributed by atoms with Gasteiger partial charge in [-0.05, 0) is 35.9 Å². The van der Waals surface area contributed by atoms with E-state index in [1.807, 2.05) is 31.6 Å². The van der Waals surface area contributed by atoms with Gasteiger partial charge in [0.15, 0.2) is 0 Å². The van der Waals surface area contributed by atoms with Crippen LogP contribution in [0.4, 0.5) is 11.4 Å². The van der Waals surface area contributed by atoms with Crippen molar-refractivity contribution in [3.8, 4) is 0 Å². The number of hydrogen-bond acceptors (Lipinski definition) is 3. The van der Waals surface area contributed by atoms with Crippen LogP contribution in [0.15, 0.2) is 48.8 Å². The molecular weight excluding hydrogens is 210 g/mol. The summed E-state index contributed by atoms with van der Waals surface area (Å²) >= 11 is 0. The van der Waals surface area contributed by atoms with Crippen LogP contribution in [0.1, 0.15) is 5.56 Å². The van der Waals surface area contributed by atoms with Crippen molar-refractivity contribution >= 4 is 11.4 Å². The summed E-state index contributed by atoms with van der Waals surface area (Å²) in [5.41, 5.74) is 3.59. The number of anilines is 2. The van der Waals surface area contributed by atoms with E-state index in [4.69, 9.17) is 0 Å². The minimum atomic E-state index is 0.885. The van der Waals surface area contributed by atoms with Gasteiger partial charge >= 0.3 is 0 Å². The zero-order valence-corrected chi connectivity index (χ0v) is 10.2. The van der Waals surface area contributed by atoms with Crippen molar-refractivity contribution < 1.29 is 0 Å². The molecule has 0 fully saturated rings. The van der Waals surface area contributed by atoms with Gasteiger partial charge in [-0.15, -0.1) is 0 Å². The van der Waals surface area contributed by atoms with Crippen LogP contribution in [0.3, 0.4) is 0 Å². The Morgan fingerprint density at radius 3 is 2.65 bits per heavy atom. The van der Waals surface area contributed by atoms with Gasteiger partial charge in [0.25, 0.3) is 0 Å². The van der Waals surface area contributed by atoms with Gasteiger partial charge in [0.1, 0.15) is 0 Å². The predicted octanol–water partition coefficient (Wildman–Crippen LogP) is 2.76. The van der Waals surface area contributed by atoms with Crippen LogP contribution < -0.4 is 10.2 Å². The monoisotopic (exact) mass is 227 g/mol. The molecule has 0 aliphatic heterocycles. The van der Waals surface area contributed by atoms with Crippen LogP contribution in [0.25, 0.3) is 0 Å². The molecule has 0 spiro atoms. The zero-order valence-electron chi connectivity index (χ0n) is 10.2. The highest BCUT2D eigenvalue weighted by Gasteiger charge is 2.02. The maximum Gasteiger partial charge on any atom is 0.0427 e. The fraction of sp³-hybridized carbons (Fsp3) is 0.214. The highest BCUT2D eigenvalue weighted by Crippen LogP contribution is 2.19. The standard InChI is InChI=1S/C14H17N3/c1-15-13-4-3-5-14(10-13)17(2)11-12-6-8-16-9-7-12/h3-10,15H,11H2,1-2H3. The van der Waals surface area contributed by atoms with Crippen LogP contribution in [0, 0.1) is 0 Å². The van der Waals surface area contributed by atoms with Crippen molar-refractivity contribution in [1.29, 1.82) is 0 Å². The van der Waals surface area contributed by atoms with Gasteiger partial charge in [-0.2, -0.15) is 0 Å². The molecule has 0 unspecified atom stereocenters. The Kier molecular flexibility index (Phi) is 3.60. The molecule has 3 heteroatoms. The van der Waals surface area contributed by atoms with Crippen molar-refractivity contribution in [2.45, 2.75) is 6.54 Å². The van der Waals surface area contributed by atoms with Crippen molar-refractivity contribution in [1.82, 2.24) is 4.98 Å². The summed E-state index contributed by atoms with van der Waals surface area (Å²) in [5, 5.41) is 3.15. The van der Waals surface area contributed by atoms with Gasteiger partial charge in [0.05, 0.1) is 0 Å². The molecule has 0 saturated heterocycles. The lowest BCUT2D eigenvalue weighted by atomic mass is 10.2. The minimum Gasteiger partial charge on any atom is -0.388 e. The minimum absolute atomic E-state index is 0.885. The van der Waals surface area contributed by atoms with E-state index in [0.717, 1.165) is 12.2 Å². The van der Waals surface area contributed by atoms with E-state index in [-0.39, 0.29) is 0 Å². The first-order valence-electron chi connectivity index (χ1n) is 5.67. The highest BCUT2D eigenvalue weighted by molar-refractivity contribution is 5.57. The number of pyridine rings is 1. The molecular formula is C14H17N3. The molecule has 0 amide bonds. The first-order chi connectivity index (χ1) is 8.29. The average Bonchev–Trinajstić information content (AvgIpc) is 2.40. The first kappa shape index (κ1) is 11.5. The molecule has 2 aromatic rings. The fourth-order valence-electron chi connectivity index (χ4n) is 1.75. The Bertz CT molecular complexity index is 468. The number of benzene rings is 1. The van der Waals surface area contributed by atoms with E-state index >= 15 is 0 Å². The van der Waals surface area contributed by atoms with Gasteiger partial charge in [-0.1, -0.05) is 6.07 Å². The van der Waals surface area contributed by atoms with E-state index in [0.29, 0.717) is 0 Å². The molecule has 0 bridgehead atoms. The molecule has 0 aliphatic carbocycles. The number of rotatable bonds is 4. The second kappa shape index (κ2) is 5.34. The van der Waals surface area contributed by atoms with Crippen molar-refractivity contribution in [2.75, 3.05) is 24.3 Å². The SMILES string of the molecule is CNc1cccc(N(C)Cc2ccncc2)c1. The molecule has 3 nitrogen and oxygen atoms in total. The smallest absolute Gasteiger partial charge is 0.0427 e. The summed E-state index contributed by atoms with van der Waals surface area (Å²) < 4.78 is 0. The number of nitrogens with zero attached hydrogens (tertiary/aromatic N) is 2. The lowest BCUT2D eigenvalue weighted by Crippen LogP contribution is -2.16. The summed E-state index contributed by atoms with van der Waals surface area (Å²) in [6.45, 7) is 0.885. The summed E-state index contributed by atoms with van der Waals surface area (Å²) in [7, 11) is 4.02. The Morgan fingerprint density at radius 1 is 1.18 bits per heavy atom. The first-order valence-corrected chi connectivity index (χ1v) is 5.67. The van der Waals surface area contributed by atoms with Gasteiger partial charge in [0, 0.05) is 44.4 Å². The van der Waals surface area contributed by atoms with Crippen LogP contribution in [-0.4, -0.2) is 19.1 Å². The Balaban J connectivity index is 2.11. The number of aromatic nitrogens is 1. The summed E-state index contributed by atoms with van der Waals surface area (Å²) in [4.78, 5) is 6.24. The average molecular weight is 227 g/mol. The van der Waals surface area contributed by atoms with Gasteiger partial charge in [0.2, 0.25) is 0 Å². The largest absolute Gasteiger partial charge is 0.388 e. The molecule has 1 aromatic carbocycles. The Labute approximate surface area is 102 Å². The topological polar surface area (TPSA) is 28.2 Å². The molecule has 0 atom stereocenters. The molecule has 0 aliphatic rings. The zero-order chi connectivity index (χ0) is 12.1. The van der Waals surface area contributed by atoms with Crippen molar-refractivity contribution in [3.63, 3.8) is 0 Å². The van der Waals surface area contributed by atoms with Gasteiger partial charge in [-0.25, -0.2) is 0 Å². The lowest BCUT2D eigenvalue weighted by Gasteiger charge is -2.20. The summed E-state index contributed by atoms with van der Waals surface area (Å²) in [6.07, 6.45) is 3.65. The van der Waals surface area contributed by atoms with Gasteiger partial charge in [-0.3, -0.25) is 4.98 Å².